The first-order valence-corrected chi connectivity index (χ1v) is 9.50. The van der Waals surface area contributed by atoms with Crippen molar-refractivity contribution >= 4 is 5.78 Å². The number of ether oxygens (including phenoxy) is 1. The molecule has 0 radical (unpaired) electrons. The zero-order valence-electron chi connectivity index (χ0n) is 16.8. The zero-order valence-corrected chi connectivity index (χ0v) is 16.8. The fourth-order valence-corrected chi connectivity index (χ4v) is 3.11. The third kappa shape index (κ3) is 4.08. The molecule has 0 amide bonds. The van der Waals surface area contributed by atoms with Gasteiger partial charge in [0.15, 0.2) is 5.78 Å². The molecule has 0 unspecified atom stereocenters. The van der Waals surface area contributed by atoms with Crippen LogP contribution in [0.5, 0.6) is 11.6 Å². The summed E-state index contributed by atoms with van der Waals surface area (Å²) in [5.74, 6) is -0.325. The summed E-state index contributed by atoms with van der Waals surface area (Å²) in [6.07, 6.45) is 4.00. The second kappa shape index (κ2) is 9.05. The summed E-state index contributed by atoms with van der Waals surface area (Å²) in [4.78, 5) is 29.9. The Morgan fingerprint density at radius 2 is 2.00 bits per heavy atom. The number of carbonyl (C=O) groups excluding carboxylic acids is 1. The van der Waals surface area contributed by atoms with E-state index in [4.69, 9.17) is 4.74 Å². The quantitative estimate of drug-likeness (QED) is 0.608. The van der Waals surface area contributed by atoms with Crippen LogP contribution in [0.15, 0.2) is 53.6 Å². The Morgan fingerprint density at radius 3 is 2.60 bits per heavy atom. The molecule has 0 spiro atoms. The van der Waals surface area contributed by atoms with Crippen molar-refractivity contribution < 1.29 is 14.6 Å². The maximum absolute atomic E-state index is 13.2. The topological polar surface area (TPSA) is 105 Å². The number of benzene rings is 1. The summed E-state index contributed by atoms with van der Waals surface area (Å²) in [5, 5.41) is 20.3. The SMILES string of the molecule is CCCOc1ccc(C(=O)c2c(C)c(C#N)c(=O)n(Cc3cccnc3)c2O)cc1. The Balaban J connectivity index is 2.07. The normalized spacial score (nSPS) is 10.4. The van der Waals surface area contributed by atoms with Gasteiger partial charge >= 0.3 is 0 Å². The van der Waals surface area contributed by atoms with Gasteiger partial charge in [-0.05, 0) is 54.8 Å². The average molecular weight is 403 g/mol. The molecule has 0 aliphatic rings. The molecule has 7 nitrogen and oxygen atoms in total. The van der Waals surface area contributed by atoms with E-state index < -0.39 is 17.2 Å². The minimum Gasteiger partial charge on any atom is -0.494 e. The number of nitrogens with zero attached hydrogens (tertiary/aromatic N) is 3. The van der Waals surface area contributed by atoms with Crippen molar-refractivity contribution in [3.63, 3.8) is 0 Å². The number of aromatic nitrogens is 2. The van der Waals surface area contributed by atoms with E-state index in [0.29, 0.717) is 23.5 Å². The number of aromatic hydroxyl groups is 1. The van der Waals surface area contributed by atoms with Gasteiger partial charge in [0, 0.05) is 18.0 Å². The summed E-state index contributed by atoms with van der Waals surface area (Å²) in [6.45, 7) is 4.03. The van der Waals surface area contributed by atoms with Gasteiger partial charge in [-0.2, -0.15) is 5.26 Å². The molecule has 3 rings (SSSR count). The van der Waals surface area contributed by atoms with E-state index in [0.717, 1.165) is 11.0 Å². The second-order valence-electron chi connectivity index (χ2n) is 6.76. The number of rotatable bonds is 7. The van der Waals surface area contributed by atoms with E-state index in [2.05, 4.69) is 4.98 Å². The number of carbonyl (C=O) groups is 1. The van der Waals surface area contributed by atoms with Crippen LogP contribution in [0.25, 0.3) is 0 Å². The lowest BCUT2D eigenvalue weighted by Gasteiger charge is -2.15. The van der Waals surface area contributed by atoms with Crippen molar-refractivity contribution in [3.05, 3.63) is 87.0 Å². The van der Waals surface area contributed by atoms with Gasteiger partial charge in [-0.25, -0.2) is 0 Å². The van der Waals surface area contributed by atoms with Crippen LogP contribution >= 0.6 is 0 Å². The zero-order chi connectivity index (χ0) is 21.7. The highest BCUT2D eigenvalue weighted by atomic mass is 16.5. The summed E-state index contributed by atoms with van der Waals surface area (Å²) in [6, 6.07) is 11.8. The predicted octanol–water partition coefficient (Wildman–Crippen LogP) is 3.20. The highest BCUT2D eigenvalue weighted by Gasteiger charge is 2.25. The third-order valence-corrected chi connectivity index (χ3v) is 4.68. The maximum atomic E-state index is 13.2. The van der Waals surface area contributed by atoms with Gasteiger partial charge in [0.1, 0.15) is 17.4 Å². The van der Waals surface area contributed by atoms with E-state index in [-0.39, 0.29) is 23.2 Å². The fourth-order valence-electron chi connectivity index (χ4n) is 3.11. The minimum absolute atomic E-state index is 0.0163. The van der Waals surface area contributed by atoms with E-state index in [9.17, 15) is 20.0 Å². The predicted molar refractivity (Wildman–Crippen MR) is 111 cm³/mol. The van der Waals surface area contributed by atoms with Crippen molar-refractivity contribution in [1.29, 1.82) is 5.26 Å². The highest BCUT2D eigenvalue weighted by molar-refractivity contribution is 6.11. The van der Waals surface area contributed by atoms with Gasteiger partial charge in [0.05, 0.1) is 18.7 Å². The third-order valence-electron chi connectivity index (χ3n) is 4.68. The molecular formula is C23H21N3O4. The molecule has 0 saturated heterocycles. The van der Waals surface area contributed by atoms with Gasteiger partial charge < -0.3 is 9.84 Å². The van der Waals surface area contributed by atoms with E-state index >= 15 is 0 Å². The summed E-state index contributed by atoms with van der Waals surface area (Å²) in [5.41, 5.74) is 0.210. The number of hydrogen-bond donors (Lipinski definition) is 1. The van der Waals surface area contributed by atoms with Crippen LogP contribution in [-0.4, -0.2) is 27.0 Å². The Labute approximate surface area is 173 Å². The number of hydrogen-bond acceptors (Lipinski definition) is 6. The molecule has 0 bridgehead atoms. The molecule has 2 heterocycles. The lowest BCUT2D eigenvalue weighted by molar-refractivity contribution is 0.103. The molecule has 0 aliphatic carbocycles. The van der Waals surface area contributed by atoms with Gasteiger partial charge in [-0.15, -0.1) is 0 Å². The van der Waals surface area contributed by atoms with Crippen molar-refractivity contribution in [3.8, 4) is 17.7 Å². The summed E-state index contributed by atoms with van der Waals surface area (Å²) >= 11 is 0. The Kier molecular flexibility index (Phi) is 6.28. The minimum atomic E-state index is -0.656. The molecule has 2 aromatic heterocycles. The van der Waals surface area contributed by atoms with Gasteiger partial charge in [-0.3, -0.25) is 19.1 Å². The van der Waals surface area contributed by atoms with Gasteiger partial charge in [-0.1, -0.05) is 13.0 Å². The van der Waals surface area contributed by atoms with Crippen molar-refractivity contribution in [2.45, 2.75) is 26.8 Å². The van der Waals surface area contributed by atoms with Crippen molar-refractivity contribution in [1.82, 2.24) is 9.55 Å². The first kappa shape index (κ1) is 20.8. The lowest BCUT2D eigenvalue weighted by atomic mass is 9.97. The van der Waals surface area contributed by atoms with Crippen LogP contribution < -0.4 is 10.3 Å². The molecule has 3 aromatic rings. The molecule has 7 heteroatoms. The van der Waals surface area contributed by atoms with Crippen LogP contribution in [0.4, 0.5) is 0 Å². The van der Waals surface area contributed by atoms with E-state index in [1.54, 1.807) is 48.8 Å². The van der Waals surface area contributed by atoms with Crippen LogP contribution in [-0.2, 0) is 6.54 Å². The fraction of sp³-hybridized carbons (Fsp3) is 0.217. The molecular weight excluding hydrogens is 382 g/mol. The van der Waals surface area contributed by atoms with Crippen LogP contribution in [0.3, 0.4) is 0 Å². The Morgan fingerprint density at radius 1 is 1.27 bits per heavy atom. The molecule has 0 saturated carbocycles. The van der Waals surface area contributed by atoms with Crippen molar-refractivity contribution in [2.75, 3.05) is 6.61 Å². The van der Waals surface area contributed by atoms with Crippen LogP contribution in [0.1, 0.15) is 46.0 Å². The van der Waals surface area contributed by atoms with Crippen molar-refractivity contribution in [2.24, 2.45) is 0 Å². The molecule has 1 N–H and O–H groups in total. The Hall–Kier alpha value is -3.92. The monoisotopic (exact) mass is 403 g/mol. The number of pyridine rings is 2. The summed E-state index contributed by atoms with van der Waals surface area (Å²) < 4.78 is 6.55. The van der Waals surface area contributed by atoms with Gasteiger partial charge in [0.25, 0.3) is 5.56 Å². The second-order valence-corrected chi connectivity index (χ2v) is 6.76. The van der Waals surface area contributed by atoms with Crippen LogP contribution in [0.2, 0.25) is 0 Å². The first-order chi connectivity index (χ1) is 14.5. The lowest BCUT2D eigenvalue weighted by Crippen LogP contribution is -2.27. The smallest absolute Gasteiger partial charge is 0.271 e. The average Bonchev–Trinajstić information content (AvgIpc) is 2.76. The molecule has 0 fully saturated rings. The molecule has 1 aromatic carbocycles. The van der Waals surface area contributed by atoms with Gasteiger partial charge in [0.2, 0.25) is 5.88 Å². The first-order valence-electron chi connectivity index (χ1n) is 9.50. The van der Waals surface area contributed by atoms with E-state index in [1.165, 1.54) is 6.92 Å². The standard InChI is InChI=1S/C23H21N3O4/c1-3-11-30-18-8-6-17(7-9-18)21(27)20-15(2)19(12-24)22(28)26(23(20)29)14-16-5-4-10-25-13-16/h4-10,13,29H,3,11,14H2,1-2H3. The Bertz CT molecular complexity index is 1160. The maximum Gasteiger partial charge on any atom is 0.271 e. The molecule has 30 heavy (non-hydrogen) atoms. The largest absolute Gasteiger partial charge is 0.494 e. The highest BCUT2D eigenvalue weighted by Crippen LogP contribution is 2.26. The molecule has 0 aliphatic heterocycles. The summed E-state index contributed by atoms with van der Waals surface area (Å²) in [7, 11) is 0. The van der Waals surface area contributed by atoms with Crippen LogP contribution in [0, 0.1) is 18.3 Å². The number of nitriles is 1. The van der Waals surface area contributed by atoms with E-state index in [1.807, 2.05) is 13.0 Å². The number of ketones is 1. The molecule has 152 valence electrons. The molecule has 0 atom stereocenters.